The van der Waals surface area contributed by atoms with E-state index in [0.29, 0.717) is 18.1 Å². The Morgan fingerprint density at radius 2 is 1.67 bits per heavy atom. The van der Waals surface area contributed by atoms with E-state index < -0.39 is 23.1 Å². The number of benzene rings is 2. The van der Waals surface area contributed by atoms with Crippen molar-refractivity contribution in [2.24, 2.45) is 0 Å². The van der Waals surface area contributed by atoms with E-state index in [4.69, 9.17) is 44.3 Å². The van der Waals surface area contributed by atoms with Gasteiger partial charge in [0.1, 0.15) is 11.8 Å². The standard InChI is InChI=1S/C23H20Cl3FN2O4/c24-15-4-6-19(17(26)12-15)33-23(14-28,22(31)29-9-2-1-3-10-29)21(30)8-11-32-20-7-5-16(25)13-18(20)27/h4-7,12-13H,1-3,8-11H2. The first-order valence-corrected chi connectivity index (χ1v) is 11.4. The van der Waals surface area contributed by atoms with Crippen LogP contribution in [0.25, 0.3) is 0 Å². The van der Waals surface area contributed by atoms with Crippen LogP contribution < -0.4 is 9.47 Å². The van der Waals surface area contributed by atoms with Crippen LogP contribution in [-0.4, -0.2) is 41.9 Å². The molecule has 0 bridgehead atoms. The number of carbonyl (C=O) groups is 2. The zero-order chi connectivity index (χ0) is 24.0. The molecule has 0 N–H and O–H groups in total. The second-order valence-electron chi connectivity index (χ2n) is 7.42. The Balaban J connectivity index is 1.85. The molecule has 0 spiro atoms. The Morgan fingerprint density at radius 3 is 2.27 bits per heavy atom. The van der Waals surface area contributed by atoms with E-state index in [1.54, 1.807) is 6.07 Å². The number of nitriles is 1. The van der Waals surface area contributed by atoms with Crippen molar-refractivity contribution in [3.8, 4) is 17.6 Å². The molecule has 2 aromatic carbocycles. The predicted octanol–water partition coefficient (Wildman–Crippen LogP) is 5.48. The number of hydrogen-bond donors (Lipinski definition) is 0. The maximum Gasteiger partial charge on any atom is 0.330 e. The maximum absolute atomic E-state index is 14.0. The Kier molecular flexibility index (Phi) is 8.41. The number of amides is 1. The molecule has 1 atom stereocenters. The second-order valence-corrected chi connectivity index (χ2v) is 8.70. The molecule has 0 aromatic heterocycles. The van der Waals surface area contributed by atoms with Crippen LogP contribution >= 0.6 is 34.8 Å². The minimum Gasteiger partial charge on any atom is -0.490 e. The second kappa shape index (κ2) is 11.1. The highest BCUT2D eigenvalue weighted by molar-refractivity contribution is 6.35. The lowest BCUT2D eigenvalue weighted by molar-refractivity contribution is -0.152. The molecule has 1 aliphatic rings. The summed E-state index contributed by atoms with van der Waals surface area (Å²) in [5.74, 6) is -2.45. The van der Waals surface area contributed by atoms with Crippen LogP contribution in [0.3, 0.4) is 0 Å². The van der Waals surface area contributed by atoms with Gasteiger partial charge in [-0.3, -0.25) is 9.59 Å². The fraction of sp³-hybridized carbons (Fsp3) is 0.348. The molecule has 0 radical (unpaired) electrons. The smallest absolute Gasteiger partial charge is 0.330 e. The van der Waals surface area contributed by atoms with Crippen molar-refractivity contribution in [2.75, 3.05) is 19.7 Å². The van der Waals surface area contributed by atoms with Gasteiger partial charge in [0, 0.05) is 29.6 Å². The van der Waals surface area contributed by atoms with Crippen LogP contribution in [0.4, 0.5) is 4.39 Å². The van der Waals surface area contributed by atoms with Gasteiger partial charge in [-0.05, 0) is 55.7 Å². The Bertz CT molecular complexity index is 1090. The molecule has 1 saturated heterocycles. The third-order valence-corrected chi connectivity index (χ3v) is 5.90. The predicted molar refractivity (Wildman–Crippen MR) is 122 cm³/mol. The molecule has 1 heterocycles. The molecule has 2 aromatic rings. The van der Waals surface area contributed by atoms with Gasteiger partial charge in [0.2, 0.25) is 5.78 Å². The van der Waals surface area contributed by atoms with E-state index >= 15 is 0 Å². The maximum atomic E-state index is 14.0. The van der Waals surface area contributed by atoms with Gasteiger partial charge in [0.15, 0.2) is 11.6 Å². The van der Waals surface area contributed by atoms with E-state index in [-0.39, 0.29) is 34.6 Å². The van der Waals surface area contributed by atoms with Gasteiger partial charge in [-0.2, -0.15) is 5.26 Å². The number of ketones is 1. The topological polar surface area (TPSA) is 79.6 Å². The number of rotatable bonds is 8. The summed E-state index contributed by atoms with van der Waals surface area (Å²) < 4.78 is 25.0. The Labute approximate surface area is 205 Å². The molecule has 3 rings (SSSR count). The van der Waals surface area contributed by atoms with Crippen LogP contribution in [0.5, 0.6) is 11.5 Å². The van der Waals surface area contributed by atoms with Gasteiger partial charge in [-0.1, -0.05) is 34.8 Å². The summed E-state index contributed by atoms with van der Waals surface area (Å²) >= 11 is 17.8. The molecule has 174 valence electrons. The molecule has 1 aliphatic heterocycles. The fourth-order valence-corrected chi connectivity index (χ4v) is 4.02. The van der Waals surface area contributed by atoms with Gasteiger partial charge in [0.05, 0.1) is 11.6 Å². The first-order valence-electron chi connectivity index (χ1n) is 10.2. The van der Waals surface area contributed by atoms with Crippen LogP contribution in [0, 0.1) is 17.1 Å². The van der Waals surface area contributed by atoms with Crippen molar-refractivity contribution in [1.82, 2.24) is 4.90 Å². The molecule has 1 amide bonds. The van der Waals surface area contributed by atoms with Crippen LogP contribution in [-0.2, 0) is 9.59 Å². The minimum absolute atomic E-state index is 0.0361. The lowest BCUT2D eigenvalue weighted by Crippen LogP contribution is -2.58. The first-order chi connectivity index (χ1) is 15.8. The summed E-state index contributed by atoms with van der Waals surface area (Å²) in [5, 5.41) is 10.6. The van der Waals surface area contributed by atoms with E-state index in [9.17, 15) is 19.2 Å². The molecule has 0 saturated carbocycles. The summed E-state index contributed by atoms with van der Waals surface area (Å²) in [6.07, 6.45) is 2.06. The van der Waals surface area contributed by atoms with Crippen molar-refractivity contribution >= 4 is 46.5 Å². The highest BCUT2D eigenvalue weighted by atomic mass is 35.5. The van der Waals surface area contributed by atoms with Crippen LogP contribution in [0.1, 0.15) is 25.7 Å². The van der Waals surface area contributed by atoms with Gasteiger partial charge >= 0.3 is 5.60 Å². The summed E-state index contributed by atoms with van der Waals surface area (Å²) in [7, 11) is 0. The van der Waals surface area contributed by atoms with Crippen LogP contribution in [0.2, 0.25) is 15.1 Å². The third-order valence-electron chi connectivity index (χ3n) is 5.13. The van der Waals surface area contributed by atoms with Gasteiger partial charge in [-0.25, -0.2) is 4.39 Å². The largest absolute Gasteiger partial charge is 0.490 e. The number of halogens is 4. The van der Waals surface area contributed by atoms with E-state index in [1.807, 2.05) is 0 Å². The molecule has 33 heavy (non-hydrogen) atoms. The SMILES string of the molecule is N#CC(Oc1ccc(Cl)cc1Cl)(C(=O)CCOc1ccc(Cl)cc1F)C(=O)N1CCCCC1. The van der Waals surface area contributed by atoms with Crippen molar-refractivity contribution in [3.63, 3.8) is 0 Å². The fourth-order valence-electron chi connectivity index (χ4n) is 3.42. The van der Waals surface area contributed by atoms with Crippen molar-refractivity contribution < 1.29 is 23.5 Å². The number of nitrogens with zero attached hydrogens (tertiary/aromatic N) is 2. The summed E-state index contributed by atoms with van der Waals surface area (Å²) in [4.78, 5) is 28.0. The van der Waals surface area contributed by atoms with Gasteiger partial charge in [0.25, 0.3) is 5.91 Å². The number of Topliss-reactive ketones (excluding diaryl/α,β-unsaturated/α-hetero) is 1. The van der Waals surface area contributed by atoms with E-state index in [1.165, 1.54) is 35.2 Å². The Morgan fingerprint density at radius 1 is 1.03 bits per heavy atom. The molecule has 6 nitrogen and oxygen atoms in total. The number of piperidine rings is 1. The van der Waals surface area contributed by atoms with Crippen molar-refractivity contribution in [2.45, 2.75) is 31.3 Å². The normalized spacial score (nSPS) is 15.3. The molecular weight excluding hydrogens is 494 g/mol. The van der Waals surface area contributed by atoms with Crippen LogP contribution in [0.15, 0.2) is 36.4 Å². The zero-order valence-electron chi connectivity index (χ0n) is 17.5. The monoisotopic (exact) mass is 512 g/mol. The van der Waals surface area contributed by atoms with E-state index in [2.05, 4.69) is 0 Å². The molecule has 10 heteroatoms. The molecule has 1 unspecified atom stereocenters. The van der Waals surface area contributed by atoms with Gasteiger partial charge < -0.3 is 14.4 Å². The zero-order valence-corrected chi connectivity index (χ0v) is 19.7. The Hall–Kier alpha value is -2.53. The lowest BCUT2D eigenvalue weighted by atomic mass is 9.94. The summed E-state index contributed by atoms with van der Waals surface area (Å²) in [5.41, 5.74) is -2.48. The average Bonchev–Trinajstić information content (AvgIpc) is 2.80. The average molecular weight is 514 g/mol. The summed E-state index contributed by atoms with van der Waals surface area (Å²) in [6.45, 7) is 0.519. The van der Waals surface area contributed by atoms with E-state index in [0.717, 1.165) is 25.3 Å². The first kappa shape index (κ1) is 25.1. The number of carbonyl (C=O) groups excluding carboxylic acids is 2. The molecule has 0 aliphatic carbocycles. The van der Waals surface area contributed by atoms with Gasteiger partial charge in [-0.15, -0.1) is 0 Å². The minimum atomic E-state index is -2.48. The number of likely N-dealkylation sites (tertiary alicyclic amines) is 1. The highest BCUT2D eigenvalue weighted by Crippen LogP contribution is 2.32. The number of hydrogen-bond acceptors (Lipinski definition) is 5. The number of ether oxygens (including phenoxy) is 2. The summed E-state index contributed by atoms with van der Waals surface area (Å²) in [6, 6.07) is 9.83. The molecule has 1 fully saturated rings. The molecular formula is C23H20Cl3FN2O4. The third kappa shape index (κ3) is 5.89. The van der Waals surface area contributed by atoms with Crippen molar-refractivity contribution in [3.05, 3.63) is 57.3 Å². The lowest BCUT2D eigenvalue weighted by Gasteiger charge is -2.34. The highest BCUT2D eigenvalue weighted by Gasteiger charge is 2.51. The van der Waals surface area contributed by atoms with Crippen molar-refractivity contribution in [1.29, 1.82) is 5.26 Å². The quantitative estimate of drug-likeness (QED) is 0.437.